The Balaban J connectivity index is 1.67. The monoisotopic (exact) mass is 398 g/mol. The number of rotatable bonds is 7. The number of likely N-dealkylation sites (N-methyl/N-ethyl adjacent to an activating group) is 1. The number of hydrogen-bond donors (Lipinski definition) is 1. The van der Waals surface area contributed by atoms with Gasteiger partial charge in [-0.05, 0) is 50.4 Å². The van der Waals surface area contributed by atoms with Gasteiger partial charge in [-0.15, -0.1) is 0 Å². The number of amides is 1. The molecule has 0 saturated carbocycles. The molecule has 1 fully saturated rings. The van der Waals surface area contributed by atoms with Gasteiger partial charge in [-0.1, -0.05) is 30.3 Å². The average Bonchev–Trinajstić information content (AvgIpc) is 2.70. The van der Waals surface area contributed by atoms with E-state index in [0.717, 1.165) is 19.4 Å². The van der Waals surface area contributed by atoms with Crippen LogP contribution in [0.5, 0.6) is 0 Å². The topological polar surface area (TPSA) is 74.0 Å². The van der Waals surface area contributed by atoms with Crippen LogP contribution < -0.4 is 5.63 Å². The first-order valence-electron chi connectivity index (χ1n) is 10.3. The molecule has 1 atom stereocenters. The molecule has 3 rings (SSSR count). The van der Waals surface area contributed by atoms with E-state index >= 15 is 0 Å². The van der Waals surface area contributed by atoms with Gasteiger partial charge in [0.25, 0.3) is 5.91 Å². The molecule has 6 heteroatoms. The summed E-state index contributed by atoms with van der Waals surface area (Å²) in [5.74, 6) is 0.347. The minimum atomic E-state index is -0.553. The van der Waals surface area contributed by atoms with Gasteiger partial charge in [-0.25, -0.2) is 4.79 Å². The maximum absolute atomic E-state index is 13.0. The van der Waals surface area contributed by atoms with Gasteiger partial charge >= 0.3 is 5.63 Å². The van der Waals surface area contributed by atoms with E-state index in [9.17, 15) is 14.7 Å². The number of aliphatic hydroxyl groups excluding tert-OH is 1. The third-order valence-electron chi connectivity index (χ3n) is 5.67. The minimum Gasteiger partial charge on any atom is -0.427 e. The summed E-state index contributed by atoms with van der Waals surface area (Å²) >= 11 is 0. The largest absolute Gasteiger partial charge is 0.427 e. The normalized spacial score (nSPS) is 17.5. The van der Waals surface area contributed by atoms with Crippen molar-refractivity contribution in [2.24, 2.45) is 0 Å². The maximum atomic E-state index is 13.0. The lowest BCUT2D eigenvalue weighted by molar-refractivity contribution is 0.0495. The van der Waals surface area contributed by atoms with Gasteiger partial charge in [0.05, 0.1) is 0 Å². The standard InChI is InChI=1S/C23H30N2O4/c1-17-15-20(10-6-9-18-7-4-3-5-8-18)29-23(28)21(17)22(27)25-13-12-24(2)19(16-25)11-14-26/h3-5,7-8,15,19,26H,6,9-14,16H2,1-2H3. The Morgan fingerprint density at radius 3 is 2.66 bits per heavy atom. The highest BCUT2D eigenvalue weighted by molar-refractivity contribution is 5.95. The van der Waals surface area contributed by atoms with Gasteiger partial charge in [0.2, 0.25) is 0 Å². The molecule has 156 valence electrons. The Morgan fingerprint density at radius 1 is 1.21 bits per heavy atom. The summed E-state index contributed by atoms with van der Waals surface area (Å²) in [4.78, 5) is 29.4. The zero-order valence-corrected chi connectivity index (χ0v) is 17.3. The van der Waals surface area contributed by atoms with Crippen LogP contribution in [-0.2, 0) is 12.8 Å². The predicted octanol–water partition coefficient (Wildman–Crippen LogP) is 2.26. The molecule has 1 saturated heterocycles. The number of aliphatic hydroxyl groups is 1. The van der Waals surface area contributed by atoms with E-state index < -0.39 is 5.63 Å². The van der Waals surface area contributed by atoms with E-state index in [2.05, 4.69) is 17.0 Å². The molecule has 1 N–H and O–H groups in total. The first-order chi connectivity index (χ1) is 14.0. The summed E-state index contributed by atoms with van der Waals surface area (Å²) in [5.41, 5.74) is 1.50. The first-order valence-corrected chi connectivity index (χ1v) is 10.3. The summed E-state index contributed by atoms with van der Waals surface area (Å²) in [7, 11) is 1.99. The summed E-state index contributed by atoms with van der Waals surface area (Å²) in [6.45, 7) is 3.67. The molecule has 0 radical (unpaired) electrons. The van der Waals surface area contributed by atoms with Crippen molar-refractivity contribution in [3.63, 3.8) is 0 Å². The van der Waals surface area contributed by atoms with E-state index in [1.807, 2.05) is 31.3 Å². The predicted molar refractivity (Wildman–Crippen MR) is 112 cm³/mol. The van der Waals surface area contributed by atoms with Crippen LogP contribution in [0.3, 0.4) is 0 Å². The van der Waals surface area contributed by atoms with Crippen molar-refractivity contribution in [1.29, 1.82) is 0 Å². The Hall–Kier alpha value is -2.44. The van der Waals surface area contributed by atoms with Crippen molar-refractivity contribution in [3.8, 4) is 0 Å². The zero-order chi connectivity index (χ0) is 20.8. The smallest absolute Gasteiger partial charge is 0.349 e. The molecule has 1 aromatic heterocycles. The molecule has 0 aliphatic carbocycles. The quantitative estimate of drug-likeness (QED) is 0.774. The molecule has 1 amide bonds. The van der Waals surface area contributed by atoms with Crippen LogP contribution in [0.4, 0.5) is 0 Å². The van der Waals surface area contributed by atoms with Crippen LogP contribution in [0, 0.1) is 6.92 Å². The molecule has 1 aliphatic heterocycles. The molecule has 0 bridgehead atoms. The fourth-order valence-corrected chi connectivity index (χ4v) is 3.91. The van der Waals surface area contributed by atoms with Gasteiger partial charge in [0.1, 0.15) is 11.3 Å². The number of aryl methyl sites for hydroxylation is 3. The SMILES string of the molecule is Cc1cc(CCCc2ccccc2)oc(=O)c1C(=O)N1CCN(C)C(CCO)C1. The van der Waals surface area contributed by atoms with Crippen molar-refractivity contribution >= 4 is 5.91 Å². The second-order valence-electron chi connectivity index (χ2n) is 7.80. The Bertz CT molecular complexity index is 878. The molecule has 0 spiro atoms. The molecule has 1 aromatic carbocycles. The highest BCUT2D eigenvalue weighted by atomic mass is 16.4. The van der Waals surface area contributed by atoms with Crippen molar-refractivity contribution in [3.05, 3.63) is 69.3 Å². The van der Waals surface area contributed by atoms with Gasteiger partial charge in [-0.3, -0.25) is 9.69 Å². The van der Waals surface area contributed by atoms with Crippen LogP contribution in [0.15, 0.2) is 45.6 Å². The van der Waals surface area contributed by atoms with Gasteiger partial charge in [0, 0.05) is 38.7 Å². The highest BCUT2D eigenvalue weighted by Crippen LogP contribution is 2.16. The van der Waals surface area contributed by atoms with Gasteiger partial charge < -0.3 is 14.4 Å². The Labute approximate surface area is 171 Å². The number of benzene rings is 1. The highest BCUT2D eigenvalue weighted by Gasteiger charge is 2.30. The maximum Gasteiger partial charge on any atom is 0.349 e. The third kappa shape index (κ3) is 5.34. The van der Waals surface area contributed by atoms with Crippen LogP contribution in [-0.4, -0.2) is 60.1 Å². The molecule has 29 heavy (non-hydrogen) atoms. The van der Waals surface area contributed by atoms with Crippen molar-refractivity contribution < 1.29 is 14.3 Å². The van der Waals surface area contributed by atoms with Crippen molar-refractivity contribution in [1.82, 2.24) is 9.80 Å². The van der Waals surface area contributed by atoms with E-state index in [1.165, 1.54) is 5.56 Å². The first kappa shape index (κ1) is 21.3. The van der Waals surface area contributed by atoms with Crippen LogP contribution in [0.2, 0.25) is 0 Å². The molecule has 6 nitrogen and oxygen atoms in total. The van der Waals surface area contributed by atoms with Crippen LogP contribution >= 0.6 is 0 Å². The minimum absolute atomic E-state index is 0.0792. The van der Waals surface area contributed by atoms with E-state index in [4.69, 9.17) is 4.42 Å². The van der Waals surface area contributed by atoms with Crippen LogP contribution in [0.1, 0.15) is 40.1 Å². The van der Waals surface area contributed by atoms with Crippen molar-refractivity contribution in [2.75, 3.05) is 33.3 Å². The number of nitrogens with zero attached hydrogens (tertiary/aromatic N) is 2. The molecule has 2 heterocycles. The molecular formula is C23H30N2O4. The molecule has 2 aromatic rings. The van der Waals surface area contributed by atoms with E-state index in [1.54, 1.807) is 11.8 Å². The lowest BCUT2D eigenvalue weighted by Crippen LogP contribution is -2.54. The molecule has 1 unspecified atom stereocenters. The summed E-state index contributed by atoms with van der Waals surface area (Å²) in [6.07, 6.45) is 3.06. The number of hydrogen-bond acceptors (Lipinski definition) is 5. The number of carbonyl (C=O) groups is 1. The summed E-state index contributed by atoms with van der Waals surface area (Å²) in [5, 5.41) is 9.25. The number of piperazine rings is 1. The third-order valence-corrected chi connectivity index (χ3v) is 5.67. The Kier molecular flexibility index (Phi) is 7.23. The summed E-state index contributed by atoms with van der Waals surface area (Å²) < 4.78 is 5.48. The zero-order valence-electron chi connectivity index (χ0n) is 17.3. The average molecular weight is 399 g/mol. The van der Waals surface area contributed by atoms with Gasteiger partial charge in [-0.2, -0.15) is 0 Å². The fraction of sp³-hybridized carbons (Fsp3) is 0.478. The van der Waals surface area contributed by atoms with Crippen molar-refractivity contribution in [2.45, 2.75) is 38.6 Å². The second kappa shape index (κ2) is 9.85. The van der Waals surface area contributed by atoms with Gasteiger partial charge in [0.15, 0.2) is 0 Å². The van der Waals surface area contributed by atoms with E-state index in [0.29, 0.717) is 37.3 Å². The molecular weight excluding hydrogens is 368 g/mol. The molecule has 1 aliphatic rings. The fourth-order valence-electron chi connectivity index (χ4n) is 3.91. The lowest BCUT2D eigenvalue weighted by Gasteiger charge is -2.39. The van der Waals surface area contributed by atoms with E-state index in [-0.39, 0.29) is 24.1 Å². The summed E-state index contributed by atoms with van der Waals surface area (Å²) in [6, 6.07) is 12.1. The lowest BCUT2D eigenvalue weighted by atomic mass is 10.0. The number of carbonyl (C=O) groups excluding carboxylic acids is 1. The van der Waals surface area contributed by atoms with Crippen LogP contribution in [0.25, 0.3) is 0 Å². The second-order valence-corrected chi connectivity index (χ2v) is 7.80. The Morgan fingerprint density at radius 2 is 1.97 bits per heavy atom.